The lowest BCUT2D eigenvalue weighted by molar-refractivity contribution is 0.306. The lowest BCUT2D eigenvalue weighted by atomic mass is 10.1. The number of nitrogens with one attached hydrogen (secondary N) is 1. The second-order valence-electron chi connectivity index (χ2n) is 6.98. The van der Waals surface area contributed by atoms with Crippen molar-refractivity contribution in [3.8, 4) is 17.6 Å². The summed E-state index contributed by atoms with van der Waals surface area (Å²) in [6, 6.07) is 23.7. The number of imidazole rings is 1. The van der Waals surface area contributed by atoms with Gasteiger partial charge in [0.15, 0.2) is 0 Å². The first-order valence-electron chi connectivity index (χ1n) is 9.59. The number of methoxy groups -OCH3 is 1. The van der Waals surface area contributed by atoms with Crippen LogP contribution in [0, 0.1) is 18.3 Å². The Kier molecular flexibility index (Phi) is 5.49. The minimum atomic E-state index is 0.457. The maximum Gasteiger partial charge on any atom is 0.149 e. The fourth-order valence-electron chi connectivity index (χ4n) is 3.07. The van der Waals surface area contributed by atoms with E-state index in [1.807, 2.05) is 42.5 Å². The van der Waals surface area contributed by atoms with Crippen molar-refractivity contribution in [3.05, 3.63) is 89.2 Å². The van der Waals surface area contributed by atoms with Crippen LogP contribution in [0.15, 0.2) is 66.7 Å². The molecule has 1 heterocycles. The predicted octanol–water partition coefficient (Wildman–Crippen LogP) is 5.52. The van der Waals surface area contributed by atoms with Crippen molar-refractivity contribution in [2.45, 2.75) is 13.5 Å². The van der Waals surface area contributed by atoms with Crippen LogP contribution in [0.3, 0.4) is 0 Å². The smallest absolute Gasteiger partial charge is 0.149 e. The van der Waals surface area contributed by atoms with Gasteiger partial charge in [0.1, 0.15) is 30.0 Å². The third-order valence-corrected chi connectivity index (χ3v) is 4.78. The quantitative estimate of drug-likeness (QED) is 0.436. The van der Waals surface area contributed by atoms with Crippen LogP contribution >= 0.6 is 0 Å². The maximum atomic E-state index is 9.62. The number of H-pyrrole nitrogens is 1. The van der Waals surface area contributed by atoms with E-state index >= 15 is 0 Å². The number of aromatic amines is 1. The van der Waals surface area contributed by atoms with E-state index in [-0.39, 0.29) is 0 Å². The van der Waals surface area contributed by atoms with Gasteiger partial charge in [0.05, 0.1) is 23.7 Å². The van der Waals surface area contributed by atoms with Gasteiger partial charge in [-0.05, 0) is 48.4 Å². The summed E-state index contributed by atoms with van der Waals surface area (Å²) in [5.41, 5.74) is 5.31. The van der Waals surface area contributed by atoms with Gasteiger partial charge in [0.2, 0.25) is 0 Å². The number of hydrogen-bond donors (Lipinski definition) is 1. The van der Waals surface area contributed by atoms with Crippen molar-refractivity contribution in [3.63, 3.8) is 0 Å². The highest BCUT2D eigenvalue weighted by molar-refractivity contribution is 5.90. The summed E-state index contributed by atoms with van der Waals surface area (Å²) < 4.78 is 11.1. The van der Waals surface area contributed by atoms with E-state index in [4.69, 9.17) is 9.47 Å². The summed E-state index contributed by atoms with van der Waals surface area (Å²) in [4.78, 5) is 7.70. The molecular formula is C25H21N3O2. The normalized spacial score (nSPS) is 11.3. The first-order chi connectivity index (χ1) is 14.6. The Bertz CT molecular complexity index is 1230. The van der Waals surface area contributed by atoms with Gasteiger partial charge in [-0.1, -0.05) is 42.0 Å². The maximum absolute atomic E-state index is 9.62. The summed E-state index contributed by atoms with van der Waals surface area (Å²) >= 11 is 0. The first kappa shape index (κ1) is 19.3. The van der Waals surface area contributed by atoms with Gasteiger partial charge >= 0.3 is 0 Å². The van der Waals surface area contributed by atoms with Crippen molar-refractivity contribution >= 4 is 22.7 Å². The van der Waals surface area contributed by atoms with Gasteiger partial charge in [-0.2, -0.15) is 5.26 Å². The lowest BCUT2D eigenvalue weighted by Gasteiger charge is -2.07. The molecule has 3 aromatic carbocycles. The van der Waals surface area contributed by atoms with Crippen molar-refractivity contribution in [2.75, 3.05) is 7.11 Å². The Morgan fingerprint density at radius 3 is 2.47 bits per heavy atom. The molecule has 0 aliphatic heterocycles. The lowest BCUT2D eigenvalue weighted by Crippen LogP contribution is -1.95. The number of nitriles is 1. The third-order valence-electron chi connectivity index (χ3n) is 4.78. The highest BCUT2D eigenvalue weighted by Gasteiger charge is 2.09. The van der Waals surface area contributed by atoms with Crippen LogP contribution in [0.2, 0.25) is 0 Å². The summed E-state index contributed by atoms with van der Waals surface area (Å²) in [7, 11) is 1.62. The van der Waals surface area contributed by atoms with Crippen LogP contribution in [0.1, 0.15) is 22.5 Å². The highest BCUT2D eigenvalue weighted by Crippen LogP contribution is 2.23. The number of fused-ring (bicyclic) bond motifs is 1. The number of aromatic nitrogens is 2. The summed E-state index contributed by atoms with van der Waals surface area (Å²) in [5.74, 6) is 2.05. The van der Waals surface area contributed by atoms with Crippen molar-refractivity contribution in [1.29, 1.82) is 5.26 Å². The number of rotatable bonds is 6. The SMILES string of the molecule is COc1ccc2nc(/C(C#N)=C\c3ccc(OCc4ccc(C)cc4)cc3)[nH]c2c1. The van der Waals surface area contributed by atoms with Crippen LogP contribution in [0.25, 0.3) is 22.7 Å². The Morgan fingerprint density at radius 1 is 1.03 bits per heavy atom. The van der Waals surface area contributed by atoms with Crippen molar-refractivity contribution in [2.24, 2.45) is 0 Å². The Morgan fingerprint density at radius 2 is 1.77 bits per heavy atom. The third kappa shape index (κ3) is 4.34. The average Bonchev–Trinajstić information content (AvgIpc) is 3.21. The molecule has 0 aliphatic carbocycles. The summed E-state index contributed by atoms with van der Waals surface area (Å²) in [5, 5.41) is 9.62. The van der Waals surface area contributed by atoms with E-state index in [9.17, 15) is 5.26 Å². The molecule has 4 aromatic rings. The fraction of sp³-hybridized carbons (Fsp3) is 0.120. The molecule has 0 atom stereocenters. The molecule has 148 valence electrons. The van der Waals surface area contributed by atoms with E-state index in [1.165, 1.54) is 5.56 Å². The van der Waals surface area contributed by atoms with Crippen LogP contribution < -0.4 is 9.47 Å². The van der Waals surface area contributed by atoms with E-state index in [0.717, 1.165) is 33.7 Å². The number of hydrogen-bond acceptors (Lipinski definition) is 4. The van der Waals surface area contributed by atoms with Crippen LogP contribution in [0.5, 0.6) is 11.5 Å². The van der Waals surface area contributed by atoms with Crippen molar-refractivity contribution < 1.29 is 9.47 Å². The minimum absolute atomic E-state index is 0.457. The number of allylic oxidation sites excluding steroid dienone is 1. The molecule has 5 heteroatoms. The van der Waals surface area contributed by atoms with E-state index in [0.29, 0.717) is 18.0 Å². The Hall–Kier alpha value is -4.04. The molecule has 30 heavy (non-hydrogen) atoms. The highest BCUT2D eigenvalue weighted by atomic mass is 16.5. The molecule has 4 rings (SSSR count). The molecule has 0 amide bonds. The summed E-state index contributed by atoms with van der Waals surface area (Å²) in [6.07, 6.45) is 1.80. The molecule has 0 spiro atoms. The van der Waals surface area contributed by atoms with E-state index in [1.54, 1.807) is 13.2 Å². The number of nitrogens with zero attached hydrogens (tertiary/aromatic N) is 2. The van der Waals surface area contributed by atoms with Gasteiger partial charge in [-0.3, -0.25) is 0 Å². The minimum Gasteiger partial charge on any atom is -0.497 e. The molecule has 0 radical (unpaired) electrons. The number of aryl methyl sites for hydroxylation is 1. The predicted molar refractivity (Wildman–Crippen MR) is 118 cm³/mol. The van der Waals surface area contributed by atoms with Gasteiger partial charge < -0.3 is 14.5 Å². The Labute approximate surface area is 175 Å². The standard InChI is InChI=1S/C25H21N3O2/c1-17-3-5-19(6-4-17)16-30-21-9-7-18(8-10-21)13-20(15-26)25-27-23-12-11-22(29-2)14-24(23)28-25/h3-14H,16H2,1-2H3,(H,27,28)/b20-13-. The zero-order chi connectivity index (χ0) is 20.9. The molecule has 0 unspecified atom stereocenters. The summed E-state index contributed by atoms with van der Waals surface area (Å²) in [6.45, 7) is 2.58. The monoisotopic (exact) mass is 395 g/mol. The van der Waals surface area contributed by atoms with Gasteiger partial charge in [0, 0.05) is 6.07 Å². The molecule has 1 N–H and O–H groups in total. The second kappa shape index (κ2) is 8.54. The molecule has 1 aromatic heterocycles. The number of benzene rings is 3. The zero-order valence-corrected chi connectivity index (χ0v) is 16.8. The molecular weight excluding hydrogens is 374 g/mol. The largest absolute Gasteiger partial charge is 0.497 e. The van der Waals surface area contributed by atoms with Crippen molar-refractivity contribution in [1.82, 2.24) is 9.97 Å². The van der Waals surface area contributed by atoms with E-state index in [2.05, 4.69) is 47.2 Å². The van der Waals surface area contributed by atoms with Gasteiger partial charge in [0.25, 0.3) is 0 Å². The number of ether oxygens (including phenoxy) is 2. The van der Waals surface area contributed by atoms with E-state index < -0.39 is 0 Å². The molecule has 0 saturated carbocycles. The van der Waals surface area contributed by atoms with Crippen LogP contribution in [-0.4, -0.2) is 17.1 Å². The fourth-order valence-corrected chi connectivity index (χ4v) is 3.07. The molecule has 0 aliphatic rings. The topological polar surface area (TPSA) is 70.9 Å². The van der Waals surface area contributed by atoms with Crippen LogP contribution in [-0.2, 0) is 6.61 Å². The molecule has 0 saturated heterocycles. The average molecular weight is 395 g/mol. The van der Waals surface area contributed by atoms with Gasteiger partial charge in [-0.25, -0.2) is 4.98 Å². The first-order valence-corrected chi connectivity index (χ1v) is 9.59. The zero-order valence-electron chi connectivity index (χ0n) is 16.8. The Balaban J connectivity index is 1.50. The van der Waals surface area contributed by atoms with Gasteiger partial charge in [-0.15, -0.1) is 0 Å². The second-order valence-corrected chi connectivity index (χ2v) is 6.98. The molecule has 0 bridgehead atoms. The van der Waals surface area contributed by atoms with Crippen LogP contribution in [0.4, 0.5) is 0 Å². The molecule has 0 fully saturated rings. The molecule has 5 nitrogen and oxygen atoms in total.